The molecule has 0 saturated heterocycles. The summed E-state index contributed by atoms with van der Waals surface area (Å²) in [6, 6.07) is 12.7. The van der Waals surface area contributed by atoms with Gasteiger partial charge in [0.1, 0.15) is 9.90 Å². The van der Waals surface area contributed by atoms with E-state index in [4.69, 9.17) is 0 Å². The van der Waals surface area contributed by atoms with Crippen LogP contribution in [0.15, 0.2) is 52.7 Å². The van der Waals surface area contributed by atoms with Crippen molar-refractivity contribution >= 4 is 27.3 Å². The van der Waals surface area contributed by atoms with Crippen molar-refractivity contribution in [2.75, 3.05) is 0 Å². The zero-order valence-corrected chi connectivity index (χ0v) is 16.0. The largest absolute Gasteiger partial charge is 0.269 e. The number of carbonyl (C=O) groups is 1. The third kappa shape index (κ3) is 2.61. The van der Waals surface area contributed by atoms with Gasteiger partial charge in [0.15, 0.2) is 0 Å². The Morgan fingerprint density at radius 2 is 1.89 bits per heavy atom. The minimum Gasteiger partial charge on any atom is -0.268 e. The Kier molecular flexibility index (Phi) is 3.70. The van der Waals surface area contributed by atoms with E-state index in [-0.39, 0.29) is 17.0 Å². The van der Waals surface area contributed by atoms with Gasteiger partial charge in [-0.3, -0.25) is 4.79 Å². The summed E-state index contributed by atoms with van der Waals surface area (Å²) >= 11 is 1.38. The van der Waals surface area contributed by atoms with E-state index >= 15 is 0 Å². The lowest BCUT2D eigenvalue weighted by Crippen LogP contribution is -2.29. The Hall–Kier alpha value is -2.51. The molecule has 1 aromatic heterocycles. The van der Waals surface area contributed by atoms with Crippen LogP contribution in [0, 0.1) is 0 Å². The van der Waals surface area contributed by atoms with Crippen molar-refractivity contribution in [3.8, 4) is 11.3 Å². The molecule has 0 N–H and O–H groups in total. The van der Waals surface area contributed by atoms with E-state index in [0.717, 1.165) is 28.4 Å². The molecular formula is C20H16N2O3S2. The van der Waals surface area contributed by atoms with E-state index in [1.54, 1.807) is 18.2 Å². The van der Waals surface area contributed by atoms with Gasteiger partial charge in [0.25, 0.3) is 15.9 Å². The molecule has 0 atom stereocenters. The second-order valence-electron chi connectivity index (χ2n) is 6.78. The zero-order valence-electron chi connectivity index (χ0n) is 14.4. The molecule has 7 heteroatoms. The first kappa shape index (κ1) is 16.6. The molecule has 5 rings (SSSR count). The van der Waals surface area contributed by atoms with Crippen molar-refractivity contribution in [1.82, 2.24) is 9.29 Å². The van der Waals surface area contributed by atoms with Crippen LogP contribution in [0.4, 0.5) is 0 Å². The summed E-state index contributed by atoms with van der Waals surface area (Å²) in [5.41, 5.74) is 4.87. The molecule has 0 bridgehead atoms. The number of carbonyl (C=O) groups excluding carboxylic acids is 1. The SMILES string of the molecule is O=C1c2ccccc2S(=O)(=O)N1Cc1nc(-c2ccc3c(c2)CCC3)cs1. The Labute approximate surface area is 161 Å². The summed E-state index contributed by atoms with van der Waals surface area (Å²) in [5.74, 6) is -0.486. The van der Waals surface area contributed by atoms with Crippen molar-refractivity contribution in [3.63, 3.8) is 0 Å². The lowest BCUT2D eigenvalue weighted by molar-refractivity contribution is 0.0865. The lowest BCUT2D eigenvalue weighted by atomic mass is 10.1. The van der Waals surface area contributed by atoms with Gasteiger partial charge in [-0.2, -0.15) is 0 Å². The molecule has 27 heavy (non-hydrogen) atoms. The Bertz CT molecular complexity index is 1180. The van der Waals surface area contributed by atoms with Crippen molar-refractivity contribution in [2.24, 2.45) is 0 Å². The van der Waals surface area contributed by atoms with Gasteiger partial charge in [0.05, 0.1) is 17.8 Å². The topological polar surface area (TPSA) is 67.3 Å². The molecule has 3 aromatic rings. The number of nitrogens with zero attached hydrogens (tertiary/aromatic N) is 2. The van der Waals surface area contributed by atoms with Crippen molar-refractivity contribution in [1.29, 1.82) is 0 Å². The predicted molar refractivity (Wildman–Crippen MR) is 103 cm³/mol. The molecule has 2 aliphatic rings. The molecular weight excluding hydrogens is 380 g/mol. The van der Waals surface area contributed by atoms with E-state index in [9.17, 15) is 13.2 Å². The van der Waals surface area contributed by atoms with Crippen LogP contribution in [-0.2, 0) is 29.4 Å². The van der Waals surface area contributed by atoms with Crippen LogP contribution in [0.3, 0.4) is 0 Å². The highest BCUT2D eigenvalue weighted by Gasteiger charge is 2.41. The Morgan fingerprint density at radius 3 is 2.74 bits per heavy atom. The van der Waals surface area contributed by atoms with Gasteiger partial charge in [0, 0.05) is 10.9 Å². The van der Waals surface area contributed by atoms with Crippen molar-refractivity contribution in [2.45, 2.75) is 30.7 Å². The number of amides is 1. The molecule has 2 aromatic carbocycles. The summed E-state index contributed by atoms with van der Waals surface area (Å²) in [5, 5.41) is 2.53. The minimum absolute atomic E-state index is 0.0363. The monoisotopic (exact) mass is 396 g/mol. The van der Waals surface area contributed by atoms with Crippen LogP contribution in [0.2, 0.25) is 0 Å². The van der Waals surface area contributed by atoms with Crippen LogP contribution in [0.1, 0.15) is 32.9 Å². The maximum absolute atomic E-state index is 12.7. The van der Waals surface area contributed by atoms with Crippen LogP contribution < -0.4 is 0 Å². The lowest BCUT2D eigenvalue weighted by Gasteiger charge is -2.13. The summed E-state index contributed by atoms with van der Waals surface area (Å²) < 4.78 is 26.3. The standard InChI is InChI=1S/C20H16N2O3S2/c23-20-16-6-1-2-7-18(16)27(24,25)22(20)11-19-21-17(12-26-19)15-9-8-13-4-3-5-14(13)10-15/h1-2,6-10,12H,3-5,11H2. The second kappa shape index (κ2) is 6.00. The van der Waals surface area contributed by atoms with Crippen LogP contribution in [0.5, 0.6) is 0 Å². The highest BCUT2D eigenvalue weighted by molar-refractivity contribution is 7.90. The number of rotatable bonds is 3. The van der Waals surface area contributed by atoms with Gasteiger partial charge in [-0.25, -0.2) is 17.7 Å². The van der Waals surface area contributed by atoms with E-state index in [0.29, 0.717) is 5.01 Å². The molecule has 1 amide bonds. The first-order valence-corrected chi connectivity index (χ1v) is 11.1. The molecule has 0 spiro atoms. The summed E-state index contributed by atoms with van der Waals surface area (Å²) in [4.78, 5) is 17.2. The molecule has 1 aliphatic carbocycles. The maximum Gasteiger partial charge on any atom is 0.269 e. The third-order valence-corrected chi connectivity index (χ3v) is 7.76. The maximum atomic E-state index is 12.7. The molecule has 0 saturated carbocycles. The molecule has 0 radical (unpaired) electrons. The fourth-order valence-electron chi connectivity index (χ4n) is 3.76. The Balaban J connectivity index is 1.44. The summed E-state index contributed by atoms with van der Waals surface area (Å²) in [6.07, 6.45) is 3.42. The van der Waals surface area contributed by atoms with Gasteiger partial charge < -0.3 is 0 Å². The molecule has 5 nitrogen and oxygen atoms in total. The fraction of sp³-hybridized carbons (Fsp3) is 0.200. The fourth-order valence-corrected chi connectivity index (χ4v) is 6.16. The van der Waals surface area contributed by atoms with Crippen LogP contribution >= 0.6 is 11.3 Å². The van der Waals surface area contributed by atoms with E-state index in [1.165, 1.54) is 35.0 Å². The molecule has 0 unspecified atom stereocenters. The first-order valence-electron chi connectivity index (χ1n) is 8.77. The minimum atomic E-state index is -3.81. The molecule has 0 fully saturated rings. The average molecular weight is 396 g/mol. The number of aromatic nitrogens is 1. The van der Waals surface area contributed by atoms with E-state index in [1.807, 2.05) is 5.38 Å². The Morgan fingerprint density at radius 1 is 1.07 bits per heavy atom. The zero-order chi connectivity index (χ0) is 18.6. The average Bonchev–Trinajstić information content (AvgIpc) is 3.37. The van der Waals surface area contributed by atoms with Crippen molar-refractivity contribution < 1.29 is 13.2 Å². The number of aryl methyl sites for hydroxylation is 2. The number of benzene rings is 2. The predicted octanol–water partition coefficient (Wildman–Crippen LogP) is 3.64. The normalized spacial score (nSPS) is 17.2. The van der Waals surface area contributed by atoms with Gasteiger partial charge in [0.2, 0.25) is 0 Å². The van der Waals surface area contributed by atoms with E-state index < -0.39 is 15.9 Å². The smallest absolute Gasteiger partial charge is 0.268 e. The molecule has 2 heterocycles. The van der Waals surface area contributed by atoms with Crippen molar-refractivity contribution in [3.05, 3.63) is 69.5 Å². The number of hydrogen-bond donors (Lipinski definition) is 0. The number of sulfonamides is 1. The number of thiazole rings is 1. The summed E-state index contributed by atoms with van der Waals surface area (Å²) in [6.45, 7) is -0.0363. The summed E-state index contributed by atoms with van der Waals surface area (Å²) in [7, 11) is -3.81. The quantitative estimate of drug-likeness (QED) is 0.678. The highest BCUT2D eigenvalue weighted by Crippen LogP contribution is 2.33. The third-order valence-electron chi connectivity index (χ3n) is 5.14. The highest BCUT2D eigenvalue weighted by atomic mass is 32.2. The van der Waals surface area contributed by atoms with Gasteiger partial charge in [-0.05, 0) is 48.6 Å². The van der Waals surface area contributed by atoms with Gasteiger partial charge in [-0.15, -0.1) is 11.3 Å². The van der Waals surface area contributed by atoms with Crippen LogP contribution in [-0.4, -0.2) is 23.6 Å². The van der Waals surface area contributed by atoms with Gasteiger partial charge >= 0.3 is 0 Å². The molecule has 1 aliphatic heterocycles. The van der Waals surface area contributed by atoms with E-state index in [2.05, 4.69) is 23.2 Å². The van der Waals surface area contributed by atoms with Gasteiger partial charge in [-0.1, -0.05) is 24.3 Å². The molecule has 136 valence electrons. The van der Waals surface area contributed by atoms with Crippen LogP contribution in [0.25, 0.3) is 11.3 Å². The first-order chi connectivity index (χ1) is 13.0. The second-order valence-corrected chi connectivity index (χ2v) is 9.55. The number of fused-ring (bicyclic) bond motifs is 2. The number of hydrogen-bond acceptors (Lipinski definition) is 5.